The molecule has 5 N–H and O–H groups in total. The number of carbonyl (C=O) groups excluding carboxylic acids is 3. The summed E-state index contributed by atoms with van der Waals surface area (Å²) in [4.78, 5) is 42.8. The number of likely N-dealkylation sites (tertiary alicyclic amines) is 1. The number of nitrogens with one attached hydrogen (secondary N) is 3. The fraction of sp³-hybridized carbons (Fsp3) is 0.341. The standard InChI is InChI=1S/C41H47N5O7S/c1-5-27-22-41(27,40(49)45-54(50,51)30-15-11-8-12-16-30)25-44-38(47)36-20-29(24-46(36)39(48)35(23-42)43-3)53-37-21-33(26-13-9-7-10-14-26)31(6-2)34-19-28(52-4)17-18-32(34)37/h5,7-19,21,27,29,35-36,43H,1,6,20,22-25,42H2,2-4H3,(H,44,47)(H,45,49). The van der Waals surface area contributed by atoms with Crippen LogP contribution in [0.5, 0.6) is 11.5 Å². The first-order chi connectivity index (χ1) is 26.0. The Bertz CT molecular complexity index is 2140. The second kappa shape index (κ2) is 16.0. The molecule has 12 nitrogen and oxygen atoms in total. The van der Waals surface area contributed by atoms with Crippen LogP contribution in [0.3, 0.4) is 0 Å². The summed E-state index contributed by atoms with van der Waals surface area (Å²) in [5.41, 5.74) is 7.89. The third-order valence-corrected chi connectivity index (χ3v) is 12.0. The lowest BCUT2D eigenvalue weighted by molar-refractivity contribution is -0.140. The molecule has 0 spiro atoms. The molecule has 5 unspecified atom stereocenters. The monoisotopic (exact) mass is 753 g/mol. The van der Waals surface area contributed by atoms with E-state index >= 15 is 0 Å². The van der Waals surface area contributed by atoms with E-state index in [1.54, 1.807) is 38.4 Å². The number of benzene rings is 4. The van der Waals surface area contributed by atoms with Gasteiger partial charge in [-0.2, -0.15) is 0 Å². The van der Waals surface area contributed by atoms with Crippen LogP contribution in [0.4, 0.5) is 0 Å². The van der Waals surface area contributed by atoms with Gasteiger partial charge in [0.15, 0.2) is 0 Å². The van der Waals surface area contributed by atoms with Gasteiger partial charge >= 0.3 is 0 Å². The van der Waals surface area contributed by atoms with E-state index in [0.717, 1.165) is 33.9 Å². The molecule has 4 aromatic rings. The van der Waals surface area contributed by atoms with Crippen LogP contribution in [-0.4, -0.2) is 83.0 Å². The van der Waals surface area contributed by atoms with Crippen molar-refractivity contribution in [1.29, 1.82) is 0 Å². The molecule has 1 heterocycles. The number of hydrogen-bond acceptors (Lipinski definition) is 9. The first-order valence-electron chi connectivity index (χ1n) is 18.1. The zero-order valence-electron chi connectivity index (χ0n) is 30.7. The summed E-state index contributed by atoms with van der Waals surface area (Å²) >= 11 is 0. The number of methoxy groups -OCH3 is 1. The van der Waals surface area contributed by atoms with Gasteiger partial charge in [-0.05, 0) is 84.3 Å². The number of likely N-dealkylation sites (N-methyl/N-ethyl adjacent to an activating group) is 1. The van der Waals surface area contributed by atoms with Crippen molar-refractivity contribution >= 4 is 38.5 Å². The zero-order chi connectivity index (χ0) is 38.6. The van der Waals surface area contributed by atoms with E-state index in [0.29, 0.717) is 17.9 Å². The summed E-state index contributed by atoms with van der Waals surface area (Å²) < 4.78 is 40.5. The minimum atomic E-state index is -4.15. The number of nitrogens with two attached hydrogens (primary N) is 1. The Kier molecular flexibility index (Phi) is 11.4. The fourth-order valence-electron chi connectivity index (χ4n) is 7.44. The molecule has 0 bridgehead atoms. The minimum absolute atomic E-state index is 0.0112. The van der Waals surface area contributed by atoms with E-state index in [4.69, 9.17) is 15.2 Å². The van der Waals surface area contributed by atoms with E-state index in [1.807, 2.05) is 54.6 Å². The largest absolute Gasteiger partial charge is 0.497 e. The van der Waals surface area contributed by atoms with E-state index in [1.165, 1.54) is 17.0 Å². The van der Waals surface area contributed by atoms with Crippen molar-refractivity contribution in [2.75, 3.05) is 33.8 Å². The van der Waals surface area contributed by atoms with Crippen molar-refractivity contribution < 1.29 is 32.3 Å². The van der Waals surface area contributed by atoms with Crippen LogP contribution in [0.25, 0.3) is 21.9 Å². The molecule has 13 heteroatoms. The number of hydrogen-bond donors (Lipinski definition) is 4. The molecule has 3 amide bonds. The summed E-state index contributed by atoms with van der Waals surface area (Å²) in [6.07, 6.45) is 2.24. The molecular formula is C41H47N5O7S. The molecule has 2 aliphatic rings. The predicted octanol–water partition coefficient (Wildman–Crippen LogP) is 3.79. The third kappa shape index (κ3) is 7.57. The Hall–Kier alpha value is -5.24. The summed E-state index contributed by atoms with van der Waals surface area (Å²) in [7, 11) is -0.892. The molecule has 1 saturated heterocycles. The molecule has 0 aromatic heterocycles. The smallest absolute Gasteiger partial charge is 0.264 e. The number of ether oxygens (including phenoxy) is 2. The number of allylic oxidation sites excluding steroid dienone is 1. The van der Waals surface area contributed by atoms with Crippen LogP contribution in [0.15, 0.2) is 102 Å². The lowest BCUT2D eigenvalue weighted by Gasteiger charge is -2.28. The number of fused-ring (bicyclic) bond motifs is 1. The van der Waals surface area contributed by atoms with E-state index < -0.39 is 45.4 Å². The molecule has 2 fully saturated rings. The highest BCUT2D eigenvalue weighted by molar-refractivity contribution is 7.90. The molecule has 1 aliphatic carbocycles. The van der Waals surface area contributed by atoms with Gasteiger partial charge in [-0.15, -0.1) is 6.58 Å². The van der Waals surface area contributed by atoms with Gasteiger partial charge in [-0.1, -0.05) is 61.5 Å². The Morgan fingerprint density at radius 3 is 2.35 bits per heavy atom. The number of aryl methyl sites for hydroxylation is 1. The average molecular weight is 754 g/mol. The average Bonchev–Trinajstić information content (AvgIpc) is 3.78. The van der Waals surface area contributed by atoms with Gasteiger partial charge in [0, 0.05) is 24.9 Å². The summed E-state index contributed by atoms with van der Waals surface area (Å²) in [6.45, 7) is 5.89. The maximum atomic E-state index is 14.1. The van der Waals surface area contributed by atoms with E-state index in [9.17, 15) is 22.8 Å². The lowest BCUT2D eigenvalue weighted by Crippen LogP contribution is -2.55. The normalized spacial score (nSPS) is 21.3. The van der Waals surface area contributed by atoms with Crippen molar-refractivity contribution in [2.24, 2.45) is 17.1 Å². The van der Waals surface area contributed by atoms with Gasteiger partial charge in [0.05, 0.1) is 30.0 Å². The highest BCUT2D eigenvalue weighted by atomic mass is 32.2. The quantitative estimate of drug-likeness (QED) is 0.132. The van der Waals surface area contributed by atoms with Crippen molar-refractivity contribution in [1.82, 2.24) is 20.3 Å². The maximum absolute atomic E-state index is 14.1. The molecule has 1 aliphatic heterocycles. The molecule has 1 saturated carbocycles. The minimum Gasteiger partial charge on any atom is -0.497 e. The summed E-state index contributed by atoms with van der Waals surface area (Å²) in [6, 6.07) is 23.8. The van der Waals surface area contributed by atoms with Crippen LogP contribution in [0.2, 0.25) is 0 Å². The van der Waals surface area contributed by atoms with E-state index in [-0.39, 0.29) is 42.8 Å². The molecule has 5 atom stereocenters. The molecular weight excluding hydrogens is 707 g/mol. The van der Waals surface area contributed by atoms with Crippen molar-refractivity contribution in [3.8, 4) is 22.6 Å². The van der Waals surface area contributed by atoms with Crippen LogP contribution >= 0.6 is 0 Å². The topological polar surface area (TPSA) is 169 Å². The van der Waals surface area contributed by atoms with Crippen LogP contribution in [0, 0.1) is 11.3 Å². The van der Waals surface area contributed by atoms with E-state index in [2.05, 4.69) is 28.9 Å². The van der Waals surface area contributed by atoms with Gasteiger partial charge in [-0.25, -0.2) is 13.1 Å². The van der Waals surface area contributed by atoms with Gasteiger partial charge in [0.2, 0.25) is 17.7 Å². The van der Waals surface area contributed by atoms with Crippen molar-refractivity contribution in [3.05, 3.63) is 103 Å². The SMILES string of the molecule is C=CC1CC1(CNC(=O)C1CC(Oc2cc(-c3ccccc3)c(CC)c3cc(OC)ccc23)CN1C(=O)C(CN)NC)C(=O)NS(=O)(=O)c1ccccc1. The predicted molar refractivity (Wildman–Crippen MR) is 207 cm³/mol. The lowest BCUT2D eigenvalue weighted by atomic mass is 9.92. The Balaban J connectivity index is 1.27. The second-order valence-corrected chi connectivity index (χ2v) is 15.4. The number of sulfonamides is 1. The van der Waals surface area contributed by atoms with Crippen molar-refractivity contribution in [3.63, 3.8) is 0 Å². The maximum Gasteiger partial charge on any atom is 0.264 e. The molecule has 0 radical (unpaired) electrons. The second-order valence-electron chi connectivity index (χ2n) is 13.8. The van der Waals surface area contributed by atoms with Crippen molar-refractivity contribution in [2.45, 2.75) is 49.3 Å². The zero-order valence-corrected chi connectivity index (χ0v) is 31.5. The van der Waals surface area contributed by atoms with Gasteiger partial charge in [0.25, 0.3) is 10.0 Å². The first-order valence-corrected chi connectivity index (χ1v) is 19.5. The summed E-state index contributed by atoms with van der Waals surface area (Å²) in [5.74, 6) is -0.624. The van der Waals surface area contributed by atoms with Gasteiger partial charge in [-0.3, -0.25) is 14.4 Å². The molecule has 54 heavy (non-hydrogen) atoms. The van der Waals surface area contributed by atoms with Crippen LogP contribution < -0.4 is 30.6 Å². The Morgan fingerprint density at radius 2 is 1.74 bits per heavy atom. The highest BCUT2D eigenvalue weighted by Gasteiger charge is 2.59. The highest BCUT2D eigenvalue weighted by Crippen LogP contribution is 2.53. The molecule has 4 aromatic carbocycles. The Labute approximate surface area is 316 Å². The fourth-order valence-corrected chi connectivity index (χ4v) is 8.52. The van der Waals surface area contributed by atoms with Crippen LogP contribution in [-0.2, 0) is 30.8 Å². The summed E-state index contributed by atoms with van der Waals surface area (Å²) in [5, 5.41) is 7.66. The molecule has 284 valence electrons. The number of rotatable bonds is 15. The van der Waals surface area contributed by atoms with Gasteiger partial charge < -0.3 is 30.7 Å². The van der Waals surface area contributed by atoms with Crippen LogP contribution in [0.1, 0.15) is 25.3 Å². The number of carbonyl (C=O) groups is 3. The first kappa shape index (κ1) is 38.5. The number of nitrogens with zero attached hydrogens (tertiary/aromatic N) is 1. The molecule has 6 rings (SSSR count). The number of amides is 3. The Morgan fingerprint density at radius 1 is 1.04 bits per heavy atom. The third-order valence-electron chi connectivity index (χ3n) is 10.6. The van der Waals surface area contributed by atoms with Gasteiger partial charge in [0.1, 0.15) is 23.6 Å².